The highest BCUT2D eigenvalue weighted by Crippen LogP contribution is 2.30. The van der Waals surface area contributed by atoms with E-state index >= 15 is 0 Å². The molecular formula is C11H17ClN2O3. The predicted octanol–water partition coefficient (Wildman–Crippen LogP) is 2.19. The van der Waals surface area contributed by atoms with E-state index in [0.29, 0.717) is 37.4 Å². The minimum atomic E-state index is 0.237. The van der Waals surface area contributed by atoms with Crippen molar-refractivity contribution in [1.82, 2.24) is 9.97 Å². The van der Waals surface area contributed by atoms with Crippen molar-refractivity contribution < 1.29 is 14.2 Å². The van der Waals surface area contributed by atoms with Crippen LogP contribution < -0.4 is 9.47 Å². The Labute approximate surface area is 106 Å². The summed E-state index contributed by atoms with van der Waals surface area (Å²) in [6.45, 7) is 5.80. The summed E-state index contributed by atoms with van der Waals surface area (Å²) < 4.78 is 15.8. The van der Waals surface area contributed by atoms with E-state index in [4.69, 9.17) is 25.8 Å². The molecule has 1 rings (SSSR count). The smallest absolute Gasteiger partial charge is 0.261 e. The zero-order valence-corrected chi connectivity index (χ0v) is 11.0. The van der Waals surface area contributed by atoms with Gasteiger partial charge in [0.2, 0.25) is 5.75 Å². The lowest BCUT2D eigenvalue weighted by atomic mass is 10.2. The molecule has 0 aliphatic carbocycles. The lowest BCUT2D eigenvalue weighted by molar-refractivity contribution is 0.0796. The predicted molar refractivity (Wildman–Crippen MR) is 64.7 cm³/mol. The molecule has 5 nitrogen and oxygen atoms in total. The number of methoxy groups -OCH3 is 1. The van der Waals surface area contributed by atoms with E-state index in [0.717, 1.165) is 0 Å². The van der Waals surface area contributed by atoms with Crippen molar-refractivity contribution in [3.05, 3.63) is 11.5 Å². The first-order valence-electron chi connectivity index (χ1n) is 5.40. The van der Waals surface area contributed by atoms with Crippen molar-refractivity contribution in [2.24, 2.45) is 5.92 Å². The number of rotatable bonds is 7. The lowest BCUT2D eigenvalue weighted by Gasteiger charge is -2.10. The summed E-state index contributed by atoms with van der Waals surface area (Å²) >= 11 is 5.82. The Morgan fingerprint density at radius 3 is 2.71 bits per heavy atom. The van der Waals surface area contributed by atoms with Gasteiger partial charge in [-0.3, -0.25) is 0 Å². The Kier molecular flexibility index (Phi) is 6.00. The average Bonchev–Trinajstić information content (AvgIpc) is 2.28. The van der Waals surface area contributed by atoms with E-state index in [-0.39, 0.29) is 5.15 Å². The molecular weight excluding hydrogens is 244 g/mol. The average molecular weight is 261 g/mol. The molecule has 6 heteroatoms. The van der Waals surface area contributed by atoms with Crippen LogP contribution in [0.3, 0.4) is 0 Å². The van der Waals surface area contributed by atoms with Gasteiger partial charge in [-0.1, -0.05) is 25.4 Å². The standard InChI is InChI=1S/C11H17ClN2O3/c1-8(2)6-16-4-5-17-11-9(15-3)10(12)13-7-14-11/h7-8H,4-6H2,1-3H3. The van der Waals surface area contributed by atoms with Crippen LogP contribution in [0.5, 0.6) is 11.6 Å². The summed E-state index contributed by atoms with van der Waals surface area (Å²) in [5.41, 5.74) is 0. The Morgan fingerprint density at radius 1 is 1.29 bits per heavy atom. The topological polar surface area (TPSA) is 53.5 Å². The Bertz CT molecular complexity index is 347. The van der Waals surface area contributed by atoms with Gasteiger partial charge in [0, 0.05) is 6.61 Å². The third-order valence-corrected chi connectivity index (χ3v) is 2.12. The van der Waals surface area contributed by atoms with Crippen molar-refractivity contribution in [3.63, 3.8) is 0 Å². The van der Waals surface area contributed by atoms with Gasteiger partial charge in [-0.05, 0) is 5.92 Å². The number of aromatic nitrogens is 2. The zero-order chi connectivity index (χ0) is 12.7. The normalized spacial score (nSPS) is 10.6. The molecule has 0 aliphatic rings. The molecule has 1 aromatic rings. The van der Waals surface area contributed by atoms with Crippen LogP contribution in [0, 0.1) is 5.92 Å². The van der Waals surface area contributed by atoms with E-state index < -0.39 is 0 Å². The van der Waals surface area contributed by atoms with E-state index in [1.165, 1.54) is 13.4 Å². The molecule has 0 unspecified atom stereocenters. The molecule has 0 radical (unpaired) electrons. The van der Waals surface area contributed by atoms with Gasteiger partial charge in [0.15, 0.2) is 5.15 Å². The van der Waals surface area contributed by atoms with E-state index in [2.05, 4.69) is 23.8 Å². The Morgan fingerprint density at radius 2 is 2.06 bits per heavy atom. The maximum atomic E-state index is 5.82. The van der Waals surface area contributed by atoms with Crippen LogP contribution in [0.1, 0.15) is 13.8 Å². The third kappa shape index (κ3) is 4.75. The Balaban J connectivity index is 2.39. The summed E-state index contributed by atoms with van der Waals surface area (Å²) in [7, 11) is 1.49. The van der Waals surface area contributed by atoms with Crippen LogP contribution in [-0.2, 0) is 4.74 Å². The van der Waals surface area contributed by atoms with Crippen molar-refractivity contribution in [3.8, 4) is 11.6 Å². The number of hydrogen-bond donors (Lipinski definition) is 0. The minimum absolute atomic E-state index is 0.237. The van der Waals surface area contributed by atoms with Crippen LogP contribution in [0.15, 0.2) is 6.33 Å². The zero-order valence-electron chi connectivity index (χ0n) is 10.3. The first kappa shape index (κ1) is 14.0. The molecule has 1 aromatic heterocycles. The summed E-state index contributed by atoms with van der Waals surface area (Å²) in [6, 6.07) is 0. The first-order valence-corrected chi connectivity index (χ1v) is 5.78. The third-order valence-electron chi connectivity index (χ3n) is 1.85. The van der Waals surface area contributed by atoms with Crippen molar-refractivity contribution in [2.45, 2.75) is 13.8 Å². The summed E-state index contributed by atoms with van der Waals surface area (Å²) in [4.78, 5) is 7.74. The van der Waals surface area contributed by atoms with Crippen LogP contribution in [0.25, 0.3) is 0 Å². The van der Waals surface area contributed by atoms with Crippen molar-refractivity contribution >= 4 is 11.6 Å². The number of halogens is 1. The van der Waals surface area contributed by atoms with Crippen LogP contribution in [0.2, 0.25) is 5.15 Å². The molecule has 0 N–H and O–H groups in total. The molecule has 0 spiro atoms. The second-order valence-electron chi connectivity index (χ2n) is 3.82. The van der Waals surface area contributed by atoms with E-state index in [1.54, 1.807) is 0 Å². The Hall–Kier alpha value is -1.07. The van der Waals surface area contributed by atoms with Gasteiger partial charge in [0.05, 0.1) is 13.7 Å². The van der Waals surface area contributed by atoms with Crippen molar-refractivity contribution in [2.75, 3.05) is 26.9 Å². The fourth-order valence-corrected chi connectivity index (χ4v) is 1.33. The van der Waals surface area contributed by atoms with Gasteiger partial charge in [0.1, 0.15) is 12.9 Å². The molecule has 0 aliphatic heterocycles. The largest absolute Gasteiger partial charge is 0.489 e. The molecule has 96 valence electrons. The minimum Gasteiger partial charge on any atom is -0.489 e. The quantitative estimate of drug-likeness (QED) is 0.556. The number of hydrogen-bond acceptors (Lipinski definition) is 5. The molecule has 0 bridgehead atoms. The number of ether oxygens (including phenoxy) is 3. The highest BCUT2D eigenvalue weighted by Gasteiger charge is 2.11. The van der Waals surface area contributed by atoms with Crippen LogP contribution in [0.4, 0.5) is 0 Å². The maximum Gasteiger partial charge on any atom is 0.261 e. The molecule has 0 amide bonds. The van der Waals surface area contributed by atoms with Crippen LogP contribution in [-0.4, -0.2) is 36.9 Å². The number of nitrogens with zero attached hydrogens (tertiary/aromatic N) is 2. The summed E-state index contributed by atoms with van der Waals surface area (Å²) in [5.74, 6) is 1.19. The van der Waals surface area contributed by atoms with Gasteiger partial charge >= 0.3 is 0 Å². The monoisotopic (exact) mass is 260 g/mol. The van der Waals surface area contributed by atoms with Crippen LogP contribution >= 0.6 is 11.6 Å². The van der Waals surface area contributed by atoms with E-state index in [1.807, 2.05) is 0 Å². The highest BCUT2D eigenvalue weighted by molar-refractivity contribution is 6.31. The molecule has 1 heterocycles. The van der Waals surface area contributed by atoms with Gasteiger partial charge in [0.25, 0.3) is 5.88 Å². The molecule has 0 fully saturated rings. The molecule has 17 heavy (non-hydrogen) atoms. The first-order chi connectivity index (χ1) is 8.15. The maximum absolute atomic E-state index is 5.82. The fourth-order valence-electron chi connectivity index (χ4n) is 1.13. The fraction of sp³-hybridized carbons (Fsp3) is 0.636. The molecule has 0 atom stereocenters. The van der Waals surface area contributed by atoms with Gasteiger partial charge in [-0.15, -0.1) is 0 Å². The van der Waals surface area contributed by atoms with Gasteiger partial charge in [-0.25, -0.2) is 4.98 Å². The summed E-state index contributed by atoms with van der Waals surface area (Å²) in [6.07, 6.45) is 1.33. The van der Waals surface area contributed by atoms with Gasteiger partial charge in [-0.2, -0.15) is 4.98 Å². The van der Waals surface area contributed by atoms with E-state index in [9.17, 15) is 0 Å². The molecule has 0 saturated heterocycles. The SMILES string of the molecule is COc1c(Cl)ncnc1OCCOCC(C)C. The summed E-state index contributed by atoms with van der Waals surface area (Å²) in [5, 5.41) is 0.237. The molecule has 0 aromatic carbocycles. The second-order valence-corrected chi connectivity index (χ2v) is 4.18. The highest BCUT2D eigenvalue weighted by atomic mass is 35.5. The van der Waals surface area contributed by atoms with Gasteiger partial charge < -0.3 is 14.2 Å². The van der Waals surface area contributed by atoms with Crippen molar-refractivity contribution in [1.29, 1.82) is 0 Å². The molecule has 0 saturated carbocycles. The lowest BCUT2D eigenvalue weighted by Crippen LogP contribution is -2.11. The second kappa shape index (κ2) is 7.29.